The molecule has 1 atom stereocenters. The highest BCUT2D eigenvalue weighted by Crippen LogP contribution is 2.17. The SMILES string of the molecule is CCCCCCCC/C=C\CCCCCCCCCCCCCC(=O)OC[C@H](COC(=O)CCCCCCC/C=C\CCCCCCCC)OC(=O)CCCCCCCCCCCCCCCCC. The van der Waals surface area contributed by atoms with Crippen LogP contribution in [-0.4, -0.2) is 37.2 Å². The summed E-state index contributed by atoms with van der Waals surface area (Å²) < 4.78 is 16.9. The van der Waals surface area contributed by atoms with E-state index in [0.717, 1.165) is 64.2 Å². The number of hydrogen-bond donors (Lipinski definition) is 0. The van der Waals surface area contributed by atoms with Crippen molar-refractivity contribution in [2.24, 2.45) is 0 Å². The molecule has 0 aliphatic carbocycles. The Kier molecular flexibility index (Phi) is 56.7. The first-order valence-corrected chi connectivity index (χ1v) is 30.8. The third kappa shape index (κ3) is 56.7. The zero-order chi connectivity index (χ0) is 50.0. The number of rotatable bonds is 57. The van der Waals surface area contributed by atoms with E-state index in [2.05, 4.69) is 45.1 Å². The molecule has 0 rings (SSSR count). The van der Waals surface area contributed by atoms with Crippen molar-refractivity contribution in [1.82, 2.24) is 0 Å². The molecular weight excluding hydrogens is 853 g/mol. The van der Waals surface area contributed by atoms with Crippen LogP contribution in [0.1, 0.15) is 342 Å². The molecule has 406 valence electrons. The molecule has 69 heavy (non-hydrogen) atoms. The molecule has 0 aliphatic heterocycles. The van der Waals surface area contributed by atoms with Crippen LogP contribution in [0.25, 0.3) is 0 Å². The summed E-state index contributed by atoms with van der Waals surface area (Å²) in [4.78, 5) is 38.2. The molecule has 0 bridgehead atoms. The van der Waals surface area contributed by atoms with Crippen molar-refractivity contribution >= 4 is 17.9 Å². The monoisotopic (exact) mass is 971 g/mol. The summed E-state index contributed by atoms with van der Waals surface area (Å²) in [5, 5.41) is 0. The molecule has 0 aromatic rings. The summed E-state index contributed by atoms with van der Waals surface area (Å²) in [6, 6.07) is 0. The summed E-state index contributed by atoms with van der Waals surface area (Å²) in [7, 11) is 0. The van der Waals surface area contributed by atoms with Crippen LogP contribution in [0.4, 0.5) is 0 Å². The van der Waals surface area contributed by atoms with Crippen LogP contribution in [0.3, 0.4) is 0 Å². The molecule has 0 aromatic heterocycles. The summed E-state index contributed by atoms with van der Waals surface area (Å²) >= 11 is 0. The number of ether oxygens (including phenoxy) is 3. The highest BCUT2D eigenvalue weighted by Gasteiger charge is 2.19. The maximum Gasteiger partial charge on any atom is 0.306 e. The lowest BCUT2D eigenvalue weighted by atomic mass is 10.0. The van der Waals surface area contributed by atoms with Gasteiger partial charge in [0.2, 0.25) is 0 Å². The smallest absolute Gasteiger partial charge is 0.306 e. The zero-order valence-corrected chi connectivity index (χ0v) is 46.6. The summed E-state index contributed by atoms with van der Waals surface area (Å²) in [5.41, 5.74) is 0. The van der Waals surface area contributed by atoms with Crippen molar-refractivity contribution in [3.05, 3.63) is 24.3 Å². The van der Waals surface area contributed by atoms with Gasteiger partial charge in [-0.3, -0.25) is 14.4 Å². The predicted octanol–water partition coefficient (Wildman–Crippen LogP) is 20.7. The zero-order valence-electron chi connectivity index (χ0n) is 46.6. The lowest BCUT2D eigenvalue weighted by Gasteiger charge is -2.18. The maximum absolute atomic E-state index is 12.9. The first-order chi connectivity index (χ1) is 34.0. The standard InChI is InChI=1S/C63H118O6/c1-4-7-10-13-16-19-22-25-28-29-30-31-32-33-36-38-41-44-47-50-53-56-62(65)68-59-60(69-63(66)57-54-51-48-45-42-39-35-27-24-21-18-15-12-9-6-3)58-67-61(64)55-52-49-46-43-40-37-34-26-23-20-17-14-11-8-5-2/h25-26,28,34,60H,4-24,27,29-33,35-59H2,1-3H3/b28-25-,34-26-/t60-/m0/s1. The van der Waals surface area contributed by atoms with E-state index in [4.69, 9.17) is 14.2 Å². The minimum absolute atomic E-state index is 0.0694. The molecule has 0 spiro atoms. The van der Waals surface area contributed by atoms with Crippen LogP contribution in [0.2, 0.25) is 0 Å². The van der Waals surface area contributed by atoms with E-state index in [-0.39, 0.29) is 31.1 Å². The number of carbonyl (C=O) groups is 3. The van der Waals surface area contributed by atoms with Crippen LogP contribution in [0.15, 0.2) is 24.3 Å². The van der Waals surface area contributed by atoms with Gasteiger partial charge in [0.1, 0.15) is 13.2 Å². The van der Waals surface area contributed by atoms with Gasteiger partial charge in [-0.25, -0.2) is 0 Å². The fourth-order valence-corrected chi connectivity index (χ4v) is 9.26. The predicted molar refractivity (Wildman–Crippen MR) is 298 cm³/mol. The Labute approximate surface area is 430 Å². The van der Waals surface area contributed by atoms with Crippen LogP contribution in [0.5, 0.6) is 0 Å². The van der Waals surface area contributed by atoms with E-state index in [0.29, 0.717) is 19.3 Å². The molecule has 0 unspecified atom stereocenters. The lowest BCUT2D eigenvalue weighted by Crippen LogP contribution is -2.30. The minimum Gasteiger partial charge on any atom is -0.462 e. The van der Waals surface area contributed by atoms with Gasteiger partial charge in [0.05, 0.1) is 0 Å². The van der Waals surface area contributed by atoms with Gasteiger partial charge in [0, 0.05) is 19.3 Å². The summed E-state index contributed by atoms with van der Waals surface area (Å²) in [6.45, 7) is 6.68. The average Bonchev–Trinajstić information content (AvgIpc) is 3.35. The molecule has 0 heterocycles. The van der Waals surface area contributed by atoms with Gasteiger partial charge in [0.15, 0.2) is 6.10 Å². The quantitative estimate of drug-likeness (QED) is 0.0261. The van der Waals surface area contributed by atoms with Gasteiger partial charge in [-0.05, 0) is 70.6 Å². The Morgan fingerprint density at radius 3 is 0.725 bits per heavy atom. The van der Waals surface area contributed by atoms with Crippen molar-refractivity contribution in [3.8, 4) is 0 Å². The van der Waals surface area contributed by atoms with Crippen molar-refractivity contribution in [2.75, 3.05) is 13.2 Å². The van der Waals surface area contributed by atoms with Gasteiger partial charge >= 0.3 is 17.9 Å². The topological polar surface area (TPSA) is 78.9 Å². The van der Waals surface area contributed by atoms with Crippen LogP contribution < -0.4 is 0 Å². The minimum atomic E-state index is -0.771. The second-order valence-corrected chi connectivity index (χ2v) is 21.0. The van der Waals surface area contributed by atoms with Crippen molar-refractivity contribution in [3.63, 3.8) is 0 Å². The number of carbonyl (C=O) groups excluding carboxylic acids is 3. The van der Waals surface area contributed by atoms with Crippen LogP contribution in [0, 0.1) is 0 Å². The number of hydrogen-bond acceptors (Lipinski definition) is 6. The second kappa shape index (κ2) is 58.5. The molecule has 0 aliphatic rings. The first-order valence-electron chi connectivity index (χ1n) is 30.8. The summed E-state index contributed by atoms with van der Waals surface area (Å²) in [5.74, 6) is -0.855. The Hall–Kier alpha value is -2.11. The van der Waals surface area contributed by atoms with Gasteiger partial charge in [-0.15, -0.1) is 0 Å². The van der Waals surface area contributed by atoms with E-state index in [1.54, 1.807) is 0 Å². The maximum atomic E-state index is 12.9. The third-order valence-electron chi connectivity index (χ3n) is 13.9. The molecular formula is C63H118O6. The van der Waals surface area contributed by atoms with E-state index < -0.39 is 6.10 Å². The Balaban J connectivity index is 4.30. The molecule has 0 N–H and O–H groups in total. The molecule has 0 amide bonds. The van der Waals surface area contributed by atoms with Gasteiger partial charge in [0.25, 0.3) is 0 Å². The fourth-order valence-electron chi connectivity index (χ4n) is 9.26. The first kappa shape index (κ1) is 66.9. The number of unbranched alkanes of at least 4 members (excludes halogenated alkanes) is 42. The van der Waals surface area contributed by atoms with Crippen LogP contribution >= 0.6 is 0 Å². The average molecular weight is 972 g/mol. The lowest BCUT2D eigenvalue weighted by molar-refractivity contribution is -0.167. The molecule has 0 saturated heterocycles. The Morgan fingerprint density at radius 1 is 0.275 bits per heavy atom. The fraction of sp³-hybridized carbons (Fsp3) is 0.889. The largest absolute Gasteiger partial charge is 0.462 e. The molecule has 0 radical (unpaired) electrons. The Morgan fingerprint density at radius 2 is 0.478 bits per heavy atom. The van der Waals surface area contributed by atoms with Crippen molar-refractivity contribution in [1.29, 1.82) is 0 Å². The van der Waals surface area contributed by atoms with Crippen LogP contribution in [-0.2, 0) is 28.6 Å². The molecule has 0 saturated carbocycles. The molecule has 0 aromatic carbocycles. The molecule has 6 heteroatoms. The van der Waals surface area contributed by atoms with Crippen molar-refractivity contribution < 1.29 is 28.6 Å². The van der Waals surface area contributed by atoms with Crippen molar-refractivity contribution in [2.45, 2.75) is 348 Å². The second-order valence-electron chi connectivity index (χ2n) is 21.0. The highest BCUT2D eigenvalue weighted by atomic mass is 16.6. The molecule has 0 fully saturated rings. The highest BCUT2D eigenvalue weighted by molar-refractivity contribution is 5.71. The van der Waals surface area contributed by atoms with E-state index >= 15 is 0 Å². The summed E-state index contributed by atoms with van der Waals surface area (Å²) in [6.07, 6.45) is 68.9. The molecule has 6 nitrogen and oxygen atoms in total. The van der Waals surface area contributed by atoms with E-state index in [9.17, 15) is 14.4 Å². The number of esters is 3. The van der Waals surface area contributed by atoms with Gasteiger partial charge in [-0.2, -0.15) is 0 Å². The van der Waals surface area contributed by atoms with Gasteiger partial charge in [-0.1, -0.05) is 276 Å². The third-order valence-corrected chi connectivity index (χ3v) is 13.9. The number of allylic oxidation sites excluding steroid dienone is 4. The van der Waals surface area contributed by atoms with E-state index in [1.807, 2.05) is 0 Å². The van der Waals surface area contributed by atoms with Gasteiger partial charge < -0.3 is 14.2 Å². The Bertz CT molecular complexity index is 1110. The normalized spacial score (nSPS) is 12.1. The van der Waals surface area contributed by atoms with E-state index in [1.165, 1.54) is 238 Å².